The summed E-state index contributed by atoms with van der Waals surface area (Å²) < 4.78 is 23.8. The molecule has 1 amide bonds. The number of benzene rings is 2. The first-order valence-electron chi connectivity index (χ1n) is 9.55. The molecule has 152 valence electrons. The Kier molecular flexibility index (Phi) is 6.59. The fourth-order valence-electron chi connectivity index (χ4n) is 2.91. The maximum atomic E-state index is 13.1. The van der Waals surface area contributed by atoms with E-state index in [-0.39, 0.29) is 24.2 Å². The van der Waals surface area contributed by atoms with Crippen LogP contribution in [0, 0.1) is 5.82 Å². The Hall–Kier alpha value is -3.22. The fraction of sp³-hybridized carbons (Fsp3) is 0.318. The first-order chi connectivity index (χ1) is 14.0. The van der Waals surface area contributed by atoms with Gasteiger partial charge in [-0.25, -0.2) is 4.39 Å². The van der Waals surface area contributed by atoms with E-state index in [0.717, 1.165) is 16.9 Å². The monoisotopic (exact) mass is 397 g/mol. The average molecular weight is 397 g/mol. The van der Waals surface area contributed by atoms with E-state index in [0.29, 0.717) is 24.7 Å². The van der Waals surface area contributed by atoms with Crippen LogP contribution in [0.5, 0.6) is 5.75 Å². The van der Waals surface area contributed by atoms with Crippen molar-refractivity contribution in [1.29, 1.82) is 0 Å². The second kappa shape index (κ2) is 9.32. The predicted molar refractivity (Wildman–Crippen MR) is 107 cm³/mol. The Morgan fingerprint density at radius 1 is 1.17 bits per heavy atom. The third kappa shape index (κ3) is 5.19. The van der Waals surface area contributed by atoms with Crippen molar-refractivity contribution < 1.29 is 18.4 Å². The summed E-state index contributed by atoms with van der Waals surface area (Å²) in [6.45, 7) is 4.44. The van der Waals surface area contributed by atoms with Gasteiger partial charge in [-0.15, -0.1) is 0 Å². The quantitative estimate of drug-likeness (QED) is 0.563. The molecule has 6 nitrogen and oxygen atoms in total. The normalized spacial score (nSPS) is 11.9. The highest BCUT2D eigenvalue weighted by atomic mass is 19.1. The lowest BCUT2D eigenvalue weighted by Crippen LogP contribution is -2.29. The van der Waals surface area contributed by atoms with Gasteiger partial charge in [0.1, 0.15) is 11.6 Å². The zero-order valence-electron chi connectivity index (χ0n) is 16.8. The molecule has 1 unspecified atom stereocenters. The molecule has 0 radical (unpaired) electrons. The van der Waals surface area contributed by atoms with E-state index in [1.807, 2.05) is 38.1 Å². The van der Waals surface area contributed by atoms with Crippen molar-refractivity contribution in [2.24, 2.45) is 0 Å². The molecule has 0 saturated heterocycles. The second-order valence-corrected chi connectivity index (χ2v) is 6.70. The van der Waals surface area contributed by atoms with Crippen LogP contribution in [0.2, 0.25) is 0 Å². The molecule has 0 aliphatic carbocycles. The Morgan fingerprint density at radius 2 is 1.86 bits per heavy atom. The molecule has 1 heterocycles. The minimum absolute atomic E-state index is 0.0531. The number of aromatic nitrogens is 2. The highest BCUT2D eigenvalue weighted by Gasteiger charge is 2.19. The Bertz CT molecular complexity index is 939. The van der Waals surface area contributed by atoms with Crippen LogP contribution in [0.4, 0.5) is 4.39 Å². The van der Waals surface area contributed by atoms with Crippen molar-refractivity contribution in [2.45, 2.75) is 32.7 Å². The lowest BCUT2D eigenvalue weighted by molar-refractivity contribution is -0.131. The minimum atomic E-state index is -0.297. The number of halogens is 1. The highest BCUT2D eigenvalue weighted by molar-refractivity contribution is 5.76. The third-order valence-corrected chi connectivity index (χ3v) is 4.77. The van der Waals surface area contributed by atoms with Crippen LogP contribution >= 0.6 is 0 Å². The second-order valence-electron chi connectivity index (χ2n) is 6.70. The minimum Gasteiger partial charge on any atom is -0.494 e. The largest absolute Gasteiger partial charge is 0.494 e. The SMILES string of the molecule is CCOc1ccc(-c2noc(CCC(=O)N(C)C(C)c3ccc(F)cc3)n2)cc1. The van der Waals surface area contributed by atoms with E-state index in [2.05, 4.69) is 10.1 Å². The van der Waals surface area contributed by atoms with E-state index in [1.165, 1.54) is 12.1 Å². The van der Waals surface area contributed by atoms with Gasteiger partial charge in [0.15, 0.2) is 0 Å². The first kappa shape index (κ1) is 20.5. The topological polar surface area (TPSA) is 68.5 Å². The molecular weight excluding hydrogens is 373 g/mol. The summed E-state index contributed by atoms with van der Waals surface area (Å²) in [4.78, 5) is 18.5. The van der Waals surface area contributed by atoms with E-state index in [1.54, 1.807) is 24.1 Å². The highest BCUT2D eigenvalue weighted by Crippen LogP contribution is 2.22. The summed E-state index contributed by atoms with van der Waals surface area (Å²) in [5.41, 5.74) is 1.69. The van der Waals surface area contributed by atoms with Crippen LogP contribution in [-0.2, 0) is 11.2 Å². The Balaban J connectivity index is 1.57. The first-order valence-corrected chi connectivity index (χ1v) is 9.55. The molecule has 3 aromatic rings. The maximum absolute atomic E-state index is 13.1. The number of carbonyl (C=O) groups excluding carboxylic acids is 1. The zero-order valence-corrected chi connectivity index (χ0v) is 16.8. The number of amides is 1. The summed E-state index contributed by atoms with van der Waals surface area (Å²) >= 11 is 0. The molecular formula is C22H24FN3O3. The molecule has 0 saturated carbocycles. The number of aryl methyl sites for hydroxylation is 1. The summed E-state index contributed by atoms with van der Waals surface area (Å²) in [7, 11) is 1.73. The molecule has 0 aliphatic heterocycles. The summed E-state index contributed by atoms with van der Waals surface area (Å²) in [6.07, 6.45) is 0.594. The van der Waals surface area contributed by atoms with Crippen molar-refractivity contribution in [3.05, 3.63) is 65.8 Å². The average Bonchev–Trinajstić information content (AvgIpc) is 3.21. The predicted octanol–water partition coefficient (Wildman–Crippen LogP) is 4.43. The molecule has 0 fully saturated rings. The van der Waals surface area contributed by atoms with Crippen molar-refractivity contribution in [3.63, 3.8) is 0 Å². The molecule has 29 heavy (non-hydrogen) atoms. The van der Waals surface area contributed by atoms with Crippen LogP contribution in [0.15, 0.2) is 53.1 Å². The van der Waals surface area contributed by atoms with Gasteiger partial charge in [-0.1, -0.05) is 17.3 Å². The molecule has 0 N–H and O–H groups in total. The third-order valence-electron chi connectivity index (χ3n) is 4.77. The van der Waals surface area contributed by atoms with Crippen LogP contribution in [0.25, 0.3) is 11.4 Å². The van der Waals surface area contributed by atoms with Gasteiger partial charge in [-0.3, -0.25) is 4.79 Å². The van der Waals surface area contributed by atoms with E-state index in [9.17, 15) is 9.18 Å². The fourth-order valence-corrected chi connectivity index (χ4v) is 2.91. The molecule has 2 aromatic carbocycles. The summed E-state index contributed by atoms with van der Waals surface area (Å²) in [6, 6.07) is 13.4. The molecule has 1 atom stereocenters. The van der Waals surface area contributed by atoms with Crippen LogP contribution in [-0.4, -0.2) is 34.6 Å². The zero-order chi connectivity index (χ0) is 20.8. The summed E-state index contributed by atoms with van der Waals surface area (Å²) in [5, 5.41) is 3.99. The molecule has 0 spiro atoms. The Labute approximate surface area is 169 Å². The van der Waals surface area contributed by atoms with Crippen LogP contribution in [0.3, 0.4) is 0 Å². The lowest BCUT2D eigenvalue weighted by Gasteiger charge is -2.25. The smallest absolute Gasteiger partial charge is 0.227 e. The van der Waals surface area contributed by atoms with Crippen molar-refractivity contribution in [1.82, 2.24) is 15.0 Å². The number of nitrogens with zero attached hydrogens (tertiary/aromatic N) is 3. The van der Waals surface area contributed by atoms with Crippen LogP contribution in [0.1, 0.15) is 37.8 Å². The van der Waals surface area contributed by atoms with Gasteiger partial charge < -0.3 is 14.2 Å². The number of carbonyl (C=O) groups is 1. The van der Waals surface area contributed by atoms with Crippen molar-refractivity contribution >= 4 is 5.91 Å². The van der Waals surface area contributed by atoms with E-state index in [4.69, 9.17) is 9.26 Å². The van der Waals surface area contributed by atoms with Gasteiger partial charge >= 0.3 is 0 Å². The van der Waals surface area contributed by atoms with E-state index >= 15 is 0 Å². The summed E-state index contributed by atoms with van der Waals surface area (Å²) in [5.74, 6) is 1.31. The van der Waals surface area contributed by atoms with Crippen molar-refractivity contribution in [3.8, 4) is 17.1 Å². The number of rotatable bonds is 8. The van der Waals surface area contributed by atoms with Gasteiger partial charge in [0, 0.05) is 25.5 Å². The van der Waals surface area contributed by atoms with E-state index < -0.39 is 0 Å². The number of ether oxygens (including phenoxy) is 1. The maximum Gasteiger partial charge on any atom is 0.227 e. The molecule has 0 bridgehead atoms. The molecule has 7 heteroatoms. The van der Waals surface area contributed by atoms with Gasteiger partial charge in [-0.05, 0) is 55.8 Å². The molecule has 3 rings (SSSR count). The standard InChI is InChI=1S/C22H24FN3O3/c1-4-28-19-11-7-17(8-12-19)22-24-20(29-25-22)13-14-21(27)26(3)15(2)16-5-9-18(23)10-6-16/h5-12,15H,4,13-14H2,1-3H3. The number of hydrogen-bond acceptors (Lipinski definition) is 5. The van der Waals surface area contributed by atoms with Gasteiger partial charge in [0.05, 0.1) is 12.6 Å². The van der Waals surface area contributed by atoms with Crippen LogP contribution < -0.4 is 4.74 Å². The number of hydrogen-bond donors (Lipinski definition) is 0. The van der Waals surface area contributed by atoms with Crippen molar-refractivity contribution in [2.75, 3.05) is 13.7 Å². The molecule has 0 aliphatic rings. The molecule has 1 aromatic heterocycles. The Morgan fingerprint density at radius 3 is 2.52 bits per heavy atom. The van der Waals surface area contributed by atoms with Gasteiger partial charge in [0.25, 0.3) is 0 Å². The lowest BCUT2D eigenvalue weighted by atomic mass is 10.1. The van der Waals surface area contributed by atoms with Gasteiger partial charge in [-0.2, -0.15) is 4.98 Å². The van der Waals surface area contributed by atoms with Gasteiger partial charge in [0.2, 0.25) is 17.6 Å².